The molecular formula is C19H29ClFN3O4. The molecule has 1 saturated heterocycles. The Morgan fingerprint density at radius 2 is 2.14 bits per heavy atom. The molecule has 0 bridgehead atoms. The smallest absolute Gasteiger partial charge is 0.317 e. The van der Waals surface area contributed by atoms with Crippen LogP contribution in [0.2, 0.25) is 0 Å². The molecule has 9 heteroatoms. The molecular weight excluding hydrogens is 389 g/mol. The van der Waals surface area contributed by atoms with Gasteiger partial charge in [0, 0.05) is 18.7 Å². The van der Waals surface area contributed by atoms with Crippen molar-refractivity contribution < 1.29 is 23.8 Å². The van der Waals surface area contributed by atoms with Gasteiger partial charge in [-0.1, -0.05) is 6.07 Å². The number of nitrogens with one attached hydrogen (secondary N) is 1. The van der Waals surface area contributed by atoms with Crippen molar-refractivity contribution in [2.45, 2.75) is 25.3 Å². The van der Waals surface area contributed by atoms with Crippen LogP contribution >= 0.6 is 12.4 Å². The van der Waals surface area contributed by atoms with E-state index >= 15 is 0 Å². The maximum absolute atomic E-state index is 13.1. The van der Waals surface area contributed by atoms with Gasteiger partial charge in [-0.15, -0.1) is 12.4 Å². The Bertz CT molecular complexity index is 635. The van der Waals surface area contributed by atoms with E-state index in [9.17, 15) is 14.0 Å². The van der Waals surface area contributed by atoms with E-state index in [0.717, 1.165) is 32.4 Å². The molecule has 1 aromatic rings. The molecule has 0 spiro atoms. The first-order valence-electron chi connectivity index (χ1n) is 9.23. The van der Waals surface area contributed by atoms with Crippen LogP contribution in [0.1, 0.15) is 19.3 Å². The van der Waals surface area contributed by atoms with Crippen molar-refractivity contribution in [3.8, 4) is 5.75 Å². The normalized spacial score (nSPS) is 17.5. The van der Waals surface area contributed by atoms with Crippen LogP contribution in [0.4, 0.5) is 4.39 Å². The van der Waals surface area contributed by atoms with Crippen molar-refractivity contribution in [2.24, 2.45) is 0 Å². The van der Waals surface area contributed by atoms with Gasteiger partial charge in [0.25, 0.3) is 0 Å². The zero-order valence-corrected chi connectivity index (χ0v) is 16.9. The van der Waals surface area contributed by atoms with E-state index in [4.69, 9.17) is 9.84 Å². The molecule has 7 nitrogen and oxygen atoms in total. The zero-order valence-electron chi connectivity index (χ0n) is 16.1. The largest absolute Gasteiger partial charge is 0.492 e. The molecule has 0 aromatic heterocycles. The Morgan fingerprint density at radius 3 is 2.86 bits per heavy atom. The number of hydrogen-bond acceptors (Lipinski definition) is 5. The zero-order chi connectivity index (χ0) is 19.6. The minimum atomic E-state index is -0.821. The van der Waals surface area contributed by atoms with Crippen LogP contribution in [-0.4, -0.2) is 79.2 Å². The molecule has 0 saturated carbocycles. The lowest BCUT2D eigenvalue weighted by molar-refractivity contribution is -0.138. The van der Waals surface area contributed by atoms with Crippen LogP contribution in [0.5, 0.6) is 5.75 Å². The average Bonchev–Trinajstić information content (AvgIpc) is 2.84. The van der Waals surface area contributed by atoms with Gasteiger partial charge in [-0.2, -0.15) is 0 Å². The summed E-state index contributed by atoms with van der Waals surface area (Å²) in [5.41, 5.74) is 0. The van der Waals surface area contributed by atoms with E-state index in [1.807, 2.05) is 11.9 Å². The van der Waals surface area contributed by atoms with Crippen molar-refractivity contribution in [1.82, 2.24) is 15.1 Å². The number of benzene rings is 1. The summed E-state index contributed by atoms with van der Waals surface area (Å²) in [5, 5.41) is 11.7. The lowest BCUT2D eigenvalue weighted by Crippen LogP contribution is -2.40. The molecule has 1 unspecified atom stereocenters. The molecule has 0 radical (unpaired) electrons. The molecule has 158 valence electrons. The van der Waals surface area contributed by atoms with E-state index in [0.29, 0.717) is 18.8 Å². The first kappa shape index (κ1) is 24.1. The highest BCUT2D eigenvalue weighted by Crippen LogP contribution is 2.15. The van der Waals surface area contributed by atoms with Crippen molar-refractivity contribution in [3.63, 3.8) is 0 Å². The van der Waals surface area contributed by atoms with Crippen LogP contribution in [0.15, 0.2) is 24.3 Å². The molecule has 1 aliphatic rings. The molecule has 1 amide bonds. The number of carboxylic acid groups (broad SMARTS) is 1. The van der Waals surface area contributed by atoms with Crippen molar-refractivity contribution in [1.29, 1.82) is 0 Å². The van der Waals surface area contributed by atoms with E-state index in [1.54, 1.807) is 12.1 Å². The Labute approximate surface area is 171 Å². The number of carboxylic acids is 1. The number of rotatable bonds is 9. The Hall–Kier alpha value is -1.90. The minimum Gasteiger partial charge on any atom is -0.492 e. The van der Waals surface area contributed by atoms with Gasteiger partial charge in [-0.05, 0) is 45.0 Å². The molecule has 0 aliphatic carbocycles. The third-order valence-corrected chi connectivity index (χ3v) is 4.65. The second-order valence-electron chi connectivity index (χ2n) is 6.83. The van der Waals surface area contributed by atoms with Gasteiger partial charge in [0.15, 0.2) is 0 Å². The predicted molar refractivity (Wildman–Crippen MR) is 106 cm³/mol. The molecule has 1 aromatic carbocycles. The van der Waals surface area contributed by atoms with Crippen LogP contribution in [0.3, 0.4) is 0 Å². The van der Waals surface area contributed by atoms with Gasteiger partial charge in [0.05, 0.1) is 19.6 Å². The fraction of sp³-hybridized carbons (Fsp3) is 0.579. The number of amides is 1. The van der Waals surface area contributed by atoms with Crippen LogP contribution in [0.25, 0.3) is 0 Å². The maximum Gasteiger partial charge on any atom is 0.317 e. The molecule has 1 aliphatic heterocycles. The van der Waals surface area contributed by atoms with Crippen molar-refractivity contribution in [3.05, 3.63) is 30.1 Å². The van der Waals surface area contributed by atoms with Crippen LogP contribution < -0.4 is 10.1 Å². The summed E-state index contributed by atoms with van der Waals surface area (Å²) in [6.45, 7) is 2.57. The highest BCUT2D eigenvalue weighted by atomic mass is 35.5. The first-order valence-corrected chi connectivity index (χ1v) is 9.23. The molecule has 1 atom stereocenters. The monoisotopic (exact) mass is 417 g/mol. The molecule has 2 rings (SSSR count). The number of halogens is 2. The number of ether oxygens (including phenoxy) is 1. The van der Waals surface area contributed by atoms with E-state index < -0.39 is 5.97 Å². The topological polar surface area (TPSA) is 82.1 Å². The van der Waals surface area contributed by atoms with Crippen LogP contribution in [0, 0.1) is 5.82 Å². The SMILES string of the molecule is CN(CC(=O)O)C1CCCN(CC(=O)NCCOc2cccc(F)c2)CC1.Cl. The Morgan fingerprint density at radius 1 is 1.36 bits per heavy atom. The number of nitrogens with zero attached hydrogens (tertiary/aromatic N) is 2. The van der Waals surface area contributed by atoms with Gasteiger partial charge in [0.2, 0.25) is 5.91 Å². The summed E-state index contributed by atoms with van der Waals surface area (Å²) < 4.78 is 18.4. The number of carbonyl (C=O) groups excluding carboxylic acids is 1. The minimum absolute atomic E-state index is 0. The maximum atomic E-state index is 13.1. The fourth-order valence-electron chi connectivity index (χ4n) is 3.25. The number of likely N-dealkylation sites (N-methyl/N-ethyl adjacent to an activating group) is 1. The number of carbonyl (C=O) groups is 2. The summed E-state index contributed by atoms with van der Waals surface area (Å²) in [4.78, 5) is 26.9. The first-order chi connectivity index (χ1) is 12.9. The quantitative estimate of drug-likeness (QED) is 0.594. The third kappa shape index (κ3) is 8.86. The average molecular weight is 418 g/mol. The fourth-order valence-corrected chi connectivity index (χ4v) is 3.25. The Balaban J connectivity index is 0.00000392. The van der Waals surface area contributed by atoms with Gasteiger partial charge in [0.1, 0.15) is 18.2 Å². The lowest BCUT2D eigenvalue weighted by Gasteiger charge is -2.25. The summed E-state index contributed by atoms with van der Waals surface area (Å²) >= 11 is 0. The second kappa shape index (κ2) is 12.5. The number of aliphatic carboxylic acids is 1. The number of likely N-dealkylation sites (tertiary alicyclic amines) is 1. The van der Waals surface area contributed by atoms with E-state index in [-0.39, 0.29) is 43.3 Å². The third-order valence-electron chi connectivity index (χ3n) is 4.65. The summed E-state index contributed by atoms with van der Waals surface area (Å²) in [6, 6.07) is 6.12. The molecule has 1 fully saturated rings. The highest BCUT2D eigenvalue weighted by molar-refractivity contribution is 5.85. The van der Waals surface area contributed by atoms with Gasteiger partial charge < -0.3 is 15.2 Å². The second-order valence-corrected chi connectivity index (χ2v) is 6.83. The summed E-state index contributed by atoms with van der Waals surface area (Å²) in [7, 11) is 1.83. The summed E-state index contributed by atoms with van der Waals surface area (Å²) in [5.74, 6) is -0.813. The van der Waals surface area contributed by atoms with Crippen LogP contribution in [-0.2, 0) is 9.59 Å². The predicted octanol–water partition coefficient (Wildman–Crippen LogP) is 1.61. The molecule has 1 heterocycles. The molecule has 2 N–H and O–H groups in total. The van der Waals surface area contributed by atoms with Crippen molar-refractivity contribution >= 4 is 24.3 Å². The molecule has 28 heavy (non-hydrogen) atoms. The lowest BCUT2D eigenvalue weighted by atomic mass is 10.1. The standard InChI is InChI=1S/C19H28FN3O4.ClH/c1-22(14-19(25)26)16-5-3-9-23(10-7-16)13-18(24)21-8-11-27-17-6-2-4-15(20)12-17;/h2,4,6,12,16H,3,5,7-11,13-14H2,1H3,(H,21,24)(H,25,26);1H. The van der Waals surface area contributed by atoms with Gasteiger partial charge >= 0.3 is 5.97 Å². The number of hydrogen-bond donors (Lipinski definition) is 2. The van der Waals surface area contributed by atoms with Gasteiger partial charge in [-0.3, -0.25) is 19.4 Å². The van der Waals surface area contributed by atoms with Crippen molar-refractivity contribution in [2.75, 3.05) is 46.4 Å². The Kier molecular flexibility index (Phi) is 10.8. The van der Waals surface area contributed by atoms with Gasteiger partial charge in [-0.25, -0.2) is 4.39 Å². The highest BCUT2D eigenvalue weighted by Gasteiger charge is 2.22. The summed E-state index contributed by atoms with van der Waals surface area (Å²) in [6.07, 6.45) is 2.72. The van der Waals surface area contributed by atoms with E-state index in [2.05, 4.69) is 10.2 Å². The van der Waals surface area contributed by atoms with E-state index in [1.165, 1.54) is 12.1 Å².